The number of nitrogens with zero attached hydrogens (tertiary/aromatic N) is 2. The van der Waals surface area contributed by atoms with Crippen molar-refractivity contribution in [2.75, 3.05) is 39.3 Å². The van der Waals surface area contributed by atoms with Crippen LogP contribution in [0.15, 0.2) is 0 Å². The molecule has 1 saturated heterocycles. The molecule has 1 heterocycles. The second-order valence-electron chi connectivity index (χ2n) is 22.3. The average Bonchev–Trinajstić information content (AvgIpc) is 3.33. The average molecular weight is 994 g/mol. The second kappa shape index (κ2) is 48.6. The number of rotatable bonds is 54. The highest BCUT2D eigenvalue weighted by Gasteiger charge is 2.33. The number of piperazine rings is 1. The van der Waals surface area contributed by atoms with Gasteiger partial charge in [0.2, 0.25) is 11.8 Å². The van der Waals surface area contributed by atoms with Gasteiger partial charge in [-0.05, 0) is 77.3 Å². The van der Waals surface area contributed by atoms with Crippen molar-refractivity contribution < 1.29 is 30.0 Å². The molecule has 0 radical (unpaired) electrons. The Morgan fingerprint density at radius 2 is 0.543 bits per heavy atom. The largest absolute Gasteiger partial charge is 0.392 e. The molecule has 0 aromatic carbocycles. The molecule has 416 valence electrons. The quantitative estimate of drug-likeness (QED) is 0.0331. The number of unbranched alkanes of at least 4 members (excludes halogenated alkanes) is 30. The Balaban J connectivity index is 2.60. The van der Waals surface area contributed by atoms with E-state index in [4.69, 9.17) is 0 Å². The molecule has 0 spiro atoms. The molecule has 0 aliphatic carbocycles. The smallest absolute Gasteiger partial charge is 0.243 e. The Kier molecular flexibility index (Phi) is 46.3. The fraction of sp³-hybridized carbons (Fsp3) is 0.967. The van der Waals surface area contributed by atoms with Crippen LogP contribution in [0.25, 0.3) is 0 Å². The van der Waals surface area contributed by atoms with Gasteiger partial charge in [-0.1, -0.05) is 233 Å². The van der Waals surface area contributed by atoms with E-state index < -0.39 is 36.5 Å². The number of nitrogens with one attached hydrogen (secondary N) is 2. The van der Waals surface area contributed by atoms with Crippen LogP contribution < -0.4 is 10.6 Å². The van der Waals surface area contributed by atoms with Crippen LogP contribution in [0.1, 0.15) is 297 Å². The molecule has 1 aliphatic heterocycles. The van der Waals surface area contributed by atoms with Crippen LogP contribution in [0.4, 0.5) is 0 Å². The van der Waals surface area contributed by atoms with Crippen molar-refractivity contribution in [2.24, 2.45) is 0 Å². The second-order valence-corrected chi connectivity index (χ2v) is 22.3. The van der Waals surface area contributed by atoms with Gasteiger partial charge in [0.15, 0.2) is 0 Å². The van der Waals surface area contributed by atoms with Gasteiger partial charge in [0.05, 0.1) is 24.4 Å². The van der Waals surface area contributed by atoms with Gasteiger partial charge in [-0.3, -0.25) is 19.4 Å². The summed E-state index contributed by atoms with van der Waals surface area (Å²) >= 11 is 0. The fourth-order valence-corrected chi connectivity index (χ4v) is 10.6. The number of hydrogen-bond donors (Lipinski definition) is 6. The summed E-state index contributed by atoms with van der Waals surface area (Å²) in [5.74, 6) is -0.226. The molecule has 10 heteroatoms. The minimum Gasteiger partial charge on any atom is -0.392 e. The Morgan fingerprint density at radius 1 is 0.329 bits per heavy atom. The lowest BCUT2D eigenvalue weighted by Crippen LogP contribution is -2.61. The number of hydrogen-bond acceptors (Lipinski definition) is 8. The Hall–Kier alpha value is -1.30. The van der Waals surface area contributed by atoms with Crippen LogP contribution in [0, 0.1) is 0 Å². The highest BCUT2D eigenvalue weighted by Crippen LogP contribution is 2.18. The summed E-state index contributed by atoms with van der Waals surface area (Å²) in [4.78, 5) is 31.0. The van der Waals surface area contributed by atoms with Gasteiger partial charge in [-0.2, -0.15) is 0 Å². The van der Waals surface area contributed by atoms with Crippen LogP contribution in [-0.2, 0) is 9.59 Å². The summed E-state index contributed by atoms with van der Waals surface area (Å²) in [7, 11) is 0. The first-order chi connectivity index (χ1) is 34.1. The van der Waals surface area contributed by atoms with E-state index in [9.17, 15) is 30.0 Å². The van der Waals surface area contributed by atoms with Gasteiger partial charge in [-0.25, -0.2) is 0 Å². The lowest BCUT2D eigenvalue weighted by molar-refractivity contribution is -0.137. The maximum atomic E-state index is 13.3. The minimum absolute atomic E-state index is 0.113. The first-order valence-corrected chi connectivity index (χ1v) is 30.9. The first kappa shape index (κ1) is 66.7. The monoisotopic (exact) mass is 993 g/mol. The van der Waals surface area contributed by atoms with Crippen molar-refractivity contribution in [1.82, 2.24) is 20.4 Å². The van der Waals surface area contributed by atoms with Crippen molar-refractivity contribution in [3.05, 3.63) is 0 Å². The van der Waals surface area contributed by atoms with Crippen molar-refractivity contribution in [1.29, 1.82) is 0 Å². The van der Waals surface area contributed by atoms with E-state index in [1.807, 2.05) is 0 Å². The van der Waals surface area contributed by atoms with Gasteiger partial charge in [0, 0.05) is 26.2 Å². The van der Waals surface area contributed by atoms with E-state index >= 15 is 0 Å². The molecule has 1 aliphatic rings. The zero-order valence-electron chi connectivity index (χ0n) is 46.9. The van der Waals surface area contributed by atoms with Crippen molar-refractivity contribution >= 4 is 11.8 Å². The molecule has 6 atom stereocenters. The lowest BCUT2D eigenvalue weighted by atomic mass is 10.0. The van der Waals surface area contributed by atoms with Gasteiger partial charge < -0.3 is 31.1 Å². The lowest BCUT2D eigenvalue weighted by Gasteiger charge is -2.31. The highest BCUT2D eigenvalue weighted by atomic mass is 16.3. The summed E-state index contributed by atoms with van der Waals surface area (Å²) in [6.07, 6.45) is 45.6. The van der Waals surface area contributed by atoms with Gasteiger partial charge in [0.25, 0.3) is 0 Å². The molecule has 6 N–H and O–H groups in total. The predicted octanol–water partition coefficient (Wildman–Crippen LogP) is 13.5. The van der Waals surface area contributed by atoms with Crippen LogP contribution in [0.2, 0.25) is 0 Å². The summed E-state index contributed by atoms with van der Waals surface area (Å²) in [6.45, 7) is 12.7. The minimum atomic E-state index is -0.544. The molecule has 0 aromatic heterocycles. The first-order valence-electron chi connectivity index (χ1n) is 30.9. The number of amides is 2. The van der Waals surface area contributed by atoms with Crippen LogP contribution in [0.5, 0.6) is 0 Å². The van der Waals surface area contributed by atoms with Crippen LogP contribution >= 0.6 is 0 Å². The SMILES string of the molecule is CCCCCCCCCCC(O)CN(CCCC[C@@H]1NC(=O)[C@@H](CCCCN(CC(O)CCCCCCCCCC)CC(O)CCCCCCCCCC)NC1=O)CC(O)CCCCCCCCCC. The van der Waals surface area contributed by atoms with E-state index in [1.165, 1.54) is 154 Å². The third-order valence-electron chi connectivity index (χ3n) is 15.1. The Morgan fingerprint density at radius 3 is 0.771 bits per heavy atom. The standard InChI is InChI=1S/C60H120N4O6/c1-5-9-13-17-21-25-29-33-41-53(65)49-63(50-54(66)42-34-30-26-22-18-14-10-6-2)47-39-37-45-57-59(69)62-58(60(70)61-57)46-38-40-48-64(51-55(67)43-35-31-27-23-19-15-11-7-3)52-56(68)44-36-32-28-24-20-16-12-8-4/h53-58,65-68H,5-52H2,1-4H3,(H,61,70)(H,62,69)/t53?,54?,55?,56?,57-,58+. The molecular formula is C60H120N4O6. The zero-order valence-corrected chi connectivity index (χ0v) is 46.9. The van der Waals surface area contributed by atoms with Crippen molar-refractivity contribution in [2.45, 2.75) is 334 Å². The topological polar surface area (TPSA) is 146 Å². The predicted molar refractivity (Wildman–Crippen MR) is 297 cm³/mol. The van der Waals surface area contributed by atoms with Crippen LogP contribution in [-0.4, -0.2) is 118 Å². The Labute approximate surface area is 433 Å². The summed E-state index contributed by atoms with van der Waals surface area (Å²) in [5.41, 5.74) is 0. The van der Waals surface area contributed by atoms with E-state index in [0.717, 1.165) is 116 Å². The number of aliphatic hydroxyl groups is 4. The summed E-state index contributed by atoms with van der Waals surface area (Å²) in [5, 5.41) is 50.3. The Bertz CT molecular complexity index is 1010. The third kappa shape index (κ3) is 40.1. The van der Waals surface area contributed by atoms with E-state index in [0.29, 0.717) is 39.0 Å². The maximum absolute atomic E-state index is 13.3. The van der Waals surface area contributed by atoms with Crippen molar-refractivity contribution in [3.8, 4) is 0 Å². The molecule has 0 aromatic rings. The van der Waals surface area contributed by atoms with Gasteiger partial charge in [-0.15, -0.1) is 0 Å². The van der Waals surface area contributed by atoms with Gasteiger partial charge >= 0.3 is 0 Å². The molecule has 10 nitrogen and oxygen atoms in total. The maximum Gasteiger partial charge on any atom is 0.243 e. The van der Waals surface area contributed by atoms with E-state index in [1.54, 1.807) is 0 Å². The number of aliphatic hydroxyl groups excluding tert-OH is 4. The summed E-state index contributed by atoms with van der Waals surface area (Å²) < 4.78 is 0. The zero-order chi connectivity index (χ0) is 51.1. The number of carbonyl (C=O) groups is 2. The molecule has 1 rings (SSSR count). The van der Waals surface area contributed by atoms with Crippen LogP contribution in [0.3, 0.4) is 0 Å². The van der Waals surface area contributed by atoms with E-state index in [2.05, 4.69) is 48.1 Å². The molecular weight excluding hydrogens is 873 g/mol. The molecule has 4 unspecified atom stereocenters. The number of carbonyl (C=O) groups excluding carboxylic acids is 2. The molecule has 0 bridgehead atoms. The molecule has 2 amide bonds. The van der Waals surface area contributed by atoms with E-state index in [-0.39, 0.29) is 11.8 Å². The summed E-state index contributed by atoms with van der Waals surface area (Å²) in [6, 6.07) is -1.09. The third-order valence-corrected chi connectivity index (χ3v) is 15.1. The normalized spacial score (nSPS) is 17.1. The molecule has 1 fully saturated rings. The highest BCUT2D eigenvalue weighted by molar-refractivity contribution is 5.96. The van der Waals surface area contributed by atoms with Gasteiger partial charge in [0.1, 0.15) is 12.1 Å². The molecule has 0 saturated carbocycles. The molecule has 70 heavy (non-hydrogen) atoms. The van der Waals surface area contributed by atoms with Crippen molar-refractivity contribution in [3.63, 3.8) is 0 Å². The fourth-order valence-electron chi connectivity index (χ4n) is 10.6.